The minimum Gasteiger partial charge on any atom is -0.368 e. The lowest BCUT2D eigenvalue weighted by molar-refractivity contribution is -0.117. The fourth-order valence-corrected chi connectivity index (χ4v) is 2.86. The predicted molar refractivity (Wildman–Crippen MR) is 43.6 cm³/mol. The first-order valence-electron chi connectivity index (χ1n) is 2.93. The number of hydrogen-bond acceptors (Lipinski definition) is 5. The number of ether oxygens (including phenoxy) is 1. The summed E-state index contributed by atoms with van der Waals surface area (Å²) >= 11 is 0. The van der Waals surface area contributed by atoms with Gasteiger partial charge in [0.15, 0.2) is 5.94 Å². The van der Waals surface area contributed by atoms with E-state index in [0.29, 0.717) is 0 Å². The van der Waals surface area contributed by atoms with E-state index in [1.807, 2.05) is 5.09 Å². The van der Waals surface area contributed by atoms with Gasteiger partial charge in [-0.25, -0.2) is 8.42 Å². The first kappa shape index (κ1) is 11.6. The Hall–Kier alpha value is -0.390. The zero-order valence-electron chi connectivity index (χ0n) is 6.66. The Morgan fingerprint density at radius 1 is 1.58 bits per heavy atom. The zero-order chi connectivity index (χ0) is 9.78. The SMILES string of the molecule is COCS(=O)(=O)[PH](=O)NC(C)=O. The molecule has 0 bridgehead atoms. The minimum absolute atomic E-state index is 0.640. The average Bonchev–Trinajstić information content (AvgIpc) is 1.85. The lowest BCUT2D eigenvalue weighted by Gasteiger charge is -2.02. The molecule has 0 heterocycles. The van der Waals surface area contributed by atoms with E-state index >= 15 is 0 Å². The van der Waals surface area contributed by atoms with E-state index in [1.165, 1.54) is 7.11 Å². The summed E-state index contributed by atoms with van der Waals surface area (Å²) in [5.41, 5.74) is 0. The van der Waals surface area contributed by atoms with Gasteiger partial charge in [0.1, 0.15) is 0 Å². The van der Waals surface area contributed by atoms with Crippen molar-refractivity contribution in [1.29, 1.82) is 0 Å². The van der Waals surface area contributed by atoms with Crippen LogP contribution in [0.25, 0.3) is 0 Å². The maximum atomic E-state index is 10.9. The van der Waals surface area contributed by atoms with Gasteiger partial charge in [-0.1, -0.05) is 0 Å². The van der Waals surface area contributed by atoms with E-state index in [1.54, 1.807) is 0 Å². The van der Waals surface area contributed by atoms with Crippen LogP contribution in [0.15, 0.2) is 0 Å². The van der Waals surface area contributed by atoms with Crippen LogP contribution >= 0.6 is 7.15 Å². The summed E-state index contributed by atoms with van der Waals surface area (Å²) in [6, 6.07) is 0. The quantitative estimate of drug-likeness (QED) is 0.640. The third-order valence-electron chi connectivity index (χ3n) is 0.834. The molecule has 0 aliphatic carbocycles. The van der Waals surface area contributed by atoms with Crippen molar-refractivity contribution in [1.82, 2.24) is 5.09 Å². The summed E-state index contributed by atoms with van der Waals surface area (Å²) in [4.78, 5) is 10.3. The first-order valence-corrected chi connectivity index (χ1v) is 6.72. The van der Waals surface area contributed by atoms with Crippen LogP contribution in [0.2, 0.25) is 0 Å². The first-order chi connectivity index (χ1) is 5.40. The van der Waals surface area contributed by atoms with Crippen LogP contribution in [0.5, 0.6) is 0 Å². The van der Waals surface area contributed by atoms with Gasteiger partial charge >= 0.3 is 0 Å². The summed E-state index contributed by atoms with van der Waals surface area (Å²) in [5, 5.41) is 1.81. The van der Waals surface area contributed by atoms with E-state index in [0.717, 1.165) is 6.92 Å². The molecule has 0 rings (SSSR count). The molecule has 0 spiro atoms. The van der Waals surface area contributed by atoms with E-state index in [-0.39, 0.29) is 0 Å². The van der Waals surface area contributed by atoms with Crippen molar-refractivity contribution in [2.45, 2.75) is 6.92 Å². The lowest BCUT2D eigenvalue weighted by atomic mass is 10.8. The van der Waals surface area contributed by atoms with E-state index in [9.17, 15) is 17.8 Å². The van der Waals surface area contributed by atoms with Crippen molar-refractivity contribution in [2.24, 2.45) is 0 Å². The Labute approximate surface area is 70.8 Å². The molecule has 0 radical (unpaired) electrons. The number of carbonyl (C=O) groups excluding carboxylic acids is 1. The summed E-state index contributed by atoms with van der Waals surface area (Å²) in [5.74, 6) is -1.29. The van der Waals surface area contributed by atoms with E-state index in [4.69, 9.17) is 0 Å². The molecule has 0 fully saturated rings. The van der Waals surface area contributed by atoms with Gasteiger partial charge < -0.3 is 4.74 Å². The zero-order valence-corrected chi connectivity index (χ0v) is 8.47. The van der Waals surface area contributed by atoms with E-state index < -0.39 is 28.5 Å². The second kappa shape index (κ2) is 4.59. The molecule has 8 heteroatoms. The van der Waals surface area contributed by atoms with Crippen molar-refractivity contribution in [2.75, 3.05) is 13.0 Å². The highest BCUT2D eigenvalue weighted by Crippen LogP contribution is 2.24. The Bertz CT molecular complexity index is 284. The van der Waals surface area contributed by atoms with Gasteiger partial charge in [-0.2, -0.15) is 0 Å². The van der Waals surface area contributed by atoms with Crippen LogP contribution in [0.4, 0.5) is 0 Å². The topological polar surface area (TPSA) is 89.5 Å². The van der Waals surface area contributed by atoms with Crippen LogP contribution < -0.4 is 5.09 Å². The maximum Gasteiger partial charge on any atom is 0.273 e. The monoisotopic (exact) mass is 215 g/mol. The number of methoxy groups -OCH3 is 1. The molecular weight excluding hydrogens is 205 g/mol. The fraction of sp³-hybridized carbons (Fsp3) is 0.750. The highest BCUT2D eigenvalue weighted by Gasteiger charge is 2.19. The van der Waals surface area contributed by atoms with Crippen LogP contribution in [0, 0.1) is 0 Å². The van der Waals surface area contributed by atoms with Gasteiger partial charge in [-0.05, 0) is 0 Å². The highest BCUT2D eigenvalue weighted by molar-refractivity contribution is 8.45. The number of rotatable bonds is 4. The van der Waals surface area contributed by atoms with Crippen molar-refractivity contribution in [3.8, 4) is 0 Å². The molecule has 0 aliphatic rings. The van der Waals surface area contributed by atoms with Crippen LogP contribution in [-0.4, -0.2) is 27.4 Å². The molecule has 0 aromatic rings. The molecule has 0 saturated carbocycles. The number of nitrogens with one attached hydrogen (secondary N) is 1. The maximum absolute atomic E-state index is 10.9. The largest absolute Gasteiger partial charge is 0.368 e. The normalized spacial score (nSPS) is 13.8. The Balaban J connectivity index is 4.38. The van der Waals surface area contributed by atoms with Crippen LogP contribution in [0.1, 0.15) is 6.92 Å². The second-order valence-electron chi connectivity index (χ2n) is 1.99. The van der Waals surface area contributed by atoms with Gasteiger partial charge in [0.05, 0.1) is 0 Å². The third-order valence-corrected chi connectivity index (χ3v) is 4.86. The second-order valence-corrected chi connectivity index (χ2v) is 7.26. The molecule has 1 unspecified atom stereocenters. The third kappa shape index (κ3) is 3.85. The predicted octanol–water partition coefficient (Wildman–Crippen LogP) is -0.469. The van der Waals surface area contributed by atoms with Crippen molar-refractivity contribution < 1.29 is 22.5 Å². The van der Waals surface area contributed by atoms with Crippen LogP contribution in [0.3, 0.4) is 0 Å². The molecule has 0 aliphatic heterocycles. The molecule has 1 atom stereocenters. The van der Waals surface area contributed by atoms with Gasteiger partial charge in [0, 0.05) is 14.0 Å². The van der Waals surface area contributed by atoms with Crippen LogP contribution in [-0.2, 0) is 23.6 Å². The van der Waals surface area contributed by atoms with E-state index in [2.05, 4.69) is 4.74 Å². The summed E-state index contributed by atoms with van der Waals surface area (Å²) in [7, 11) is -5.78. The Morgan fingerprint density at radius 3 is 2.42 bits per heavy atom. The molecule has 1 amide bonds. The molecule has 12 heavy (non-hydrogen) atoms. The standard InChI is InChI=1S/C4H10NO5PS/c1-4(6)5-11(7)12(8,9)3-10-2/h11H,3H2,1-2H3,(H,5,6,7). The summed E-state index contributed by atoms with van der Waals surface area (Å²) in [6.07, 6.45) is 0. The van der Waals surface area contributed by atoms with Gasteiger partial charge in [0.25, 0.3) is 7.15 Å². The van der Waals surface area contributed by atoms with Crippen molar-refractivity contribution >= 4 is 22.5 Å². The van der Waals surface area contributed by atoms with Gasteiger partial charge in [-0.15, -0.1) is 0 Å². The Kier molecular flexibility index (Phi) is 4.44. The van der Waals surface area contributed by atoms with Crippen molar-refractivity contribution in [3.05, 3.63) is 0 Å². The molecule has 72 valence electrons. The summed E-state index contributed by atoms with van der Waals surface area (Å²) in [6.45, 7) is 1.09. The average molecular weight is 215 g/mol. The molecule has 0 saturated heterocycles. The minimum atomic E-state index is -3.81. The number of hydrogen-bond donors (Lipinski definition) is 1. The Morgan fingerprint density at radius 2 is 2.08 bits per heavy atom. The van der Waals surface area contributed by atoms with Gasteiger partial charge in [-0.3, -0.25) is 14.4 Å². The van der Waals surface area contributed by atoms with Gasteiger partial charge in [0.2, 0.25) is 15.4 Å². The molecule has 0 aromatic carbocycles. The fourth-order valence-electron chi connectivity index (χ4n) is 0.430. The molecule has 0 aromatic heterocycles. The lowest BCUT2D eigenvalue weighted by Crippen LogP contribution is -2.16. The smallest absolute Gasteiger partial charge is 0.273 e. The highest BCUT2D eigenvalue weighted by atomic mass is 32.8. The molecule has 1 N–H and O–H groups in total. The van der Waals surface area contributed by atoms with Crippen molar-refractivity contribution in [3.63, 3.8) is 0 Å². The summed E-state index contributed by atoms with van der Waals surface area (Å²) < 4.78 is 36.9. The molecular formula is C4H10NO5PS. The molecule has 6 nitrogen and oxygen atoms in total. The number of amides is 1. The number of carbonyl (C=O) groups is 1.